The molecule has 2 N–H and O–H groups in total. The molecular weight excluding hydrogens is 219 g/mol. The lowest BCUT2D eigenvalue weighted by Gasteiger charge is -2.13. The highest BCUT2D eigenvalue weighted by atomic mass is 19.4. The minimum atomic E-state index is -4.85. The quantitative estimate of drug-likeness (QED) is 0.747. The monoisotopic (exact) mass is 226 g/mol. The third-order valence-corrected chi connectivity index (χ3v) is 1.79. The molecule has 0 fully saturated rings. The van der Waals surface area contributed by atoms with Gasteiger partial charge in [-0.1, -0.05) is 0 Å². The Labute approximate surface area is 81.9 Å². The van der Waals surface area contributed by atoms with Crippen LogP contribution < -0.4 is 5.73 Å². The predicted molar refractivity (Wildman–Crippen MR) is 43.3 cm³/mol. The predicted octanol–water partition coefficient (Wildman–Crippen LogP) is 2.93. The van der Waals surface area contributed by atoms with Crippen molar-refractivity contribution in [1.82, 2.24) is 4.98 Å². The number of alkyl halides is 5. The van der Waals surface area contributed by atoms with Gasteiger partial charge < -0.3 is 5.73 Å². The second-order valence-electron chi connectivity index (χ2n) is 2.92. The van der Waals surface area contributed by atoms with E-state index in [4.69, 9.17) is 5.73 Å². The molecule has 1 aromatic heterocycles. The Morgan fingerprint density at radius 2 is 1.87 bits per heavy atom. The van der Waals surface area contributed by atoms with E-state index in [1.165, 1.54) is 6.92 Å². The number of rotatable bonds is 1. The van der Waals surface area contributed by atoms with E-state index in [1.54, 1.807) is 0 Å². The number of hydrogen-bond donors (Lipinski definition) is 1. The molecule has 84 valence electrons. The normalized spacial score (nSPS) is 12.2. The molecule has 0 aliphatic heterocycles. The summed E-state index contributed by atoms with van der Waals surface area (Å²) in [6, 6.07) is 0.573. The van der Waals surface area contributed by atoms with Crippen LogP contribution in [0.1, 0.15) is 23.2 Å². The molecule has 0 unspecified atom stereocenters. The summed E-state index contributed by atoms with van der Waals surface area (Å²) in [6.45, 7) is 1.27. The number of aryl methyl sites for hydroxylation is 1. The lowest BCUT2D eigenvalue weighted by Crippen LogP contribution is -2.13. The molecule has 0 saturated heterocycles. The fourth-order valence-electron chi connectivity index (χ4n) is 1.04. The molecule has 15 heavy (non-hydrogen) atoms. The maximum absolute atomic E-state index is 12.3. The second kappa shape index (κ2) is 3.63. The Morgan fingerprint density at radius 1 is 1.33 bits per heavy atom. The third kappa shape index (κ3) is 2.34. The van der Waals surface area contributed by atoms with Gasteiger partial charge in [0.25, 0.3) is 6.43 Å². The standard InChI is InChI=1S/C8H7F5N2/c1-3-2-4(8(11,12)13)5(6(9)10)15-7(3)14/h2,6H,1H3,(H2,14,15). The molecule has 0 atom stereocenters. The van der Waals surface area contributed by atoms with Gasteiger partial charge in [0.05, 0.1) is 5.56 Å². The topological polar surface area (TPSA) is 38.9 Å². The molecule has 0 radical (unpaired) electrons. The van der Waals surface area contributed by atoms with Crippen molar-refractivity contribution < 1.29 is 22.0 Å². The summed E-state index contributed by atoms with van der Waals surface area (Å²) in [7, 11) is 0. The number of nitrogens with zero attached hydrogens (tertiary/aromatic N) is 1. The van der Waals surface area contributed by atoms with E-state index < -0.39 is 23.9 Å². The maximum Gasteiger partial charge on any atom is 0.418 e. The molecule has 0 amide bonds. The van der Waals surface area contributed by atoms with Crippen LogP contribution in [0, 0.1) is 6.92 Å². The van der Waals surface area contributed by atoms with Crippen LogP contribution in [0.2, 0.25) is 0 Å². The van der Waals surface area contributed by atoms with Crippen LogP contribution in [-0.2, 0) is 6.18 Å². The maximum atomic E-state index is 12.3. The minimum absolute atomic E-state index is 0.0201. The zero-order valence-corrected chi connectivity index (χ0v) is 7.57. The van der Waals surface area contributed by atoms with Crippen molar-refractivity contribution >= 4 is 5.82 Å². The summed E-state index contributed by atoms with van der Waals surface area (Å²) in [4.78, 5) is 3.05. The number of halogens is 5. The lowest BCUT2D eigenvalue weighted by atomic mass is 10.1. The molecular formula is C8H7F5N2. The average Bonchev–Trinajstić information content (AvgIpc) is 2.06. The van der Waals surface area contributed by atoms with Crippen LogP contribution in [-0.4, -0.2) is 4.98 Å². The molecule has 1 heterocycles. The second-order valence-corrected chi connectivity index (χ2v) is 2.92. The number of hydrogen-bond acceptors (Lipinski definition) is 2. The van der Waals surface area contributed by atoms with Gasteiger partial charge in [-0.15, -0.1) is 0 Å². The zero-order chi connectivity index (χ0) is 11.8. The first-order chi connectivity index (χ1) is 6.73. The fraction of sp³-hybridized carbons (Fsp3) is 0.375. The van der Waals surface area contributed by atoms with Gasteiger partial charge in [0, 0.05) is 0 Å². The molecule has 2 nitrogen and oxygen atoms in total. The third-order valence-electron chi connectivity index (χ3n) is 1.79. The molecule has 0 spiro atoms. The summed E-state index contributed by atoms with van der Waals surface area (Å²) in [6.07, 6.45) is -8.15. The molecule has 0 bridgehead atoms. The fourth-order valence-corrected chi connectivity index (χ4v) is 1.04. The summed E-state index contributed by atoms with van der Waals surface area (Å²) < 4.78 is 61.4. The largest absolute Gasteiger partial charge is 0.418 e. The van der Waals surface area contributed by atoms with Gasteiger partial charge in [-0.05, 0) is 18.6 Å². The Morgan fingerprint density at radius 3 is 2.27 bits per heavy atom. The van der Waals surface area contributed by atoms with Crippen LogP contribution >= 0.6 is 0 Å². The summed E-state index contributed by atoms with van der Waals surface area (Å²) in [5.74, 6) is -0.321. The number of nitrogen functional groups attached to an aromatic ring is 1. The molecule has 1 rings (SSSR count). The van der Waals surface area contributed by atoms with Gasteiger partial charge in [-0.2, -0.15) is 13.2 Å². The smallest absolute Gasteiger partial charge is 0.383 e. The van der Waals surface area contributed by atoms with Gasteiger partial charge in [0.2, 0.25) is 0 Å². The van der Waals surface area contributed by atoms with Crippen LogP contribution in [0.4, 0.5) is 27.8 Å². The SMILES string of the molecule is Cc1cc(C(F)(F)F)c(C(F)F)nc1N. The minimum Gasteiger partial charge on any atom is -0.383 e. The molecule has 0 saturated carbocycles. The van der Waals surface area contributed by atoms with E-state index >= 15 is 0 Å². The van der Waals surface area contributed by atoms with E-state index in [9.17, 15) is 22.0 Å². The van der Waals surface area contributed by atoms with Crippen LogP contribution in [0.3, 0.4) is 0 Å². The van der Waals surface area contributed by atoms with Gasteiger partial charge in [0.15, 0.2) is 0 Å². The first-order valence-corrected chi connectivity index (χ1v) is 3.86. The van der Waals surface area contributed by atoms with Crippen molar-refractivity contribution in [3.63, 3.8) is 0 Å². The highest BCUT2D eigenvalue weighted by Gasteiger charge is 2.37. The van der Waals surface area contributed by atoms with Crippen molar-refractivity contribution in [2.45, 2.75) is 19.5 Å². The van der Waals surface area contributed by atoms with Crippen molar-refractivity contribution in [1.29, 1.82) is 0 Å². The van der Waals surface area contributed by atoms with Crippen molar-refractivity contribution in [3.05, 3.63) is 22.9 Å². The van der Waals surface area contributed by atoms with E-state index in [1.807, 2.05) is 0 Å². The van der Waals surface area contributed by atoms with Crippen LogP contribution in [0.25, 0.3) is 0 Å². The Balaban J connectivity index is 3.42. The van der Waals surface area contributed by atoms with E-state index in [-0.39, 0.29) is 11.4 Å². The van der Waals surface area contributed by atoms with Crippen molar-refractivity contribution in [2.24, 2.45) is 0 Å². The highest BCUT2D eigenvalue weighted by molar-refractivity contribution is 5.44. The van der Waals surface area contributed by atoms with Crippen molar-refractivity contribution in [3.8, 4) is 0 Å². The average molecular weight is 226 g/mol. The zero-order valence-electron chi connectivity index (χ0n) is 7.57. The number of pyridine rings is 1. The summed E-state index contributed by atoms with van der Waals surface area (Å²) >= 11 is 0. The molecule has 0 aliphatic rings. The Hall–Kier alpha value is -1.40. The van der Waals surface area contributed by atoms with E-state index in [0.717, 1.165) is 0 Å². The summed E-state index contributed by atoms with van der Waals surface area (Å²) in [5.41, 5.74) is 2.41. The van der Waals surface area contributed by atoms with Gasteiger partial charge in [-0.25, -0.2) is 13.8 Å². The van der Waals surface area contributed by atoms with Gasteiger partial charge in [0.1, 0.15) is 11.5 Å². The van der Waals surface area contributed by atoms with E-state index in [0.29, 0.717) is 6.07 Å². The molecule has 7 heteroatoms. The molecule has 0 aromatic carbocycles. The number of nitrogens with two attached hydrogens (primary N) is 1. The highest BCUT2D eigenvalue weighted by Crippen LogP contribution is 2.36. The number of aromatic nitrogens is 1. The molecule has 1 aromatic rings. The first-order valence-electron chi connectivity index (χ1n) is 3.86. The summed E-state index contributed by atoms with van der Waals surface area (Å²) in [5, 5.41) is 0. The van der Waals surface area contributed by atoms with Gasteiger partial charge in [-0.3, -0.25) is 0 Å². The van der Waals surface area contributed by atoms with Crippen LogP contribution in [0.15, 0.2) is 6.07 Å². The first kappa shape index (κ1) is 11.7. The van der Waals surface area contributed by atoms with E-state index in [2.05, 4.69) is 4.98 Å². The van der Waals surface area contributed by atoms with Crippen molar-refractivity contribution in [2.75, 3.05) is 5.73 Å². The Bertz CT molecular complexity index is 372. The molecule has 0 aliphatic carbocycles. The Kier molecular flexibility index (Phi) is 2.83. The van der Waals surface area contributed by atoms with Gasteiger partial charge >= 0.3 is 6.18 Å². The lowest BCUT2D eigenvalue weighted by molar-refractivity contribution is -0.139. The van der Waals surface area contributed by atoms with Crippen LogP contribution in [0.5, 0.6) is 0 Å². The number of anilines is 1.